The molecule has 1 aromatic carbocycles. The summed E-state index contributed by atoms with van der Waals surface area (Å²) in [6.07, 6.45) is 0. The number of hydrogen-bond donors (Lipinski definition) is 3. The molecule has 0 fully saturated rings. The van der Waals surface area contributed by atoms with Gasteiger partial charge in [0, 0.05) is 17.8 Å². The molecule has 0 heterocycles. The van der Waals surface area contributed by atoms with Gasteiger partial charge in [-0.05, 0) is 5.92 Å². The number of nitrogens with zero attached hydrogens (tertiary/aromatic N) is 1. The third-order valence-corrected chi connectivity index (χ3v) is 2.63. The van der Waals surface area contributed by atoms with Gasteiger partial charge in [0.15, 0.2) is 23.3 Å². The monoisotopic (exact) mass is 289 g/mol. The van der Waals surface area contributed by atoms with Gasteiger partial charge < -0.3 is 16.3 Å². The number of carbonyl (C=O) groups excluding carboxylic acids is 1. The highest BCUT2D eigenvalue weighted by atomic mass is 19.2. The molecular formula is C12H14F3N3O2. The quantitative estimate of drug-likeness (QED) is 0.261. The summed E-state index contributed by atoms with van der Waals surface area (Å²) in [5.74, 6) is -6.84. The van der Waals surface area contributed by atoms with Gasteiger partial charge in [-0.25, -0.2) is 13.2 Å². The first-order valence-electron chi connectivity index (χ1n) is 5.70. The molecule has 0 aliphatic rings. The van der Waals surface area contributed by atoms with Gasteiger partial charge in [-0.15, -0.1) is 0 Å². The van der Waals surface area contributed by atoms with Crippen molar-refractivity contribution in [2.75, 3.05) is 5.32 Å². The van der Waals surface area contributed by atoms with Crippen molar-refractivity contribution >= 4 is 17.4 Å². The number of anilines is 1. The molecule has 0 aliphatic heterocycles. The van der Waals surface area contributed by atoms with Gasteiger partial charge in [0.05, 0.1) is 0 Å². The zero-order valence-corrected chi connectivity index (χ0v) is 10.8. The Morgan fingerprint density at radius 2 is 1.80 bits per heavy atom. The molecule has 110 valence electrons. The van der Waals surface area contributed by atoms with Crippen molar-refractivity contribution in [2.24, 2.45) is 22.7 Å². The van der Waals surface area contributed by atoms with Gasteiger partial charge in [0.1, 0.15) is 5.92 Å². The molecular weight excluding hydrogens is 275 g/mol. The van der Waals surface area contributed by atoms with Crippen molar-refractivity contribution in [3.8, 4) is 0 Å². The summed E-state index contributed by atoms with van der Waals surface area (Å²) in [6, 6.07) is 1.28. The van der Waals surface area contributed by atoms with E-state index in [2.05, 4.69) is 10.5 Å². The average molecular weight is 289 g/mol. The van der Waals surface area contributed by atoms with Crippen molar-refractivity contribution in [3.05, 3.63) is 29.6 Å². The van der Waals surface area contributed by atoms with Crippen molar-refractivity contribution in [3.63, 3.8) is 0 Å². The van der Waals surface area contributed by atoms with Gasteiger partial charge >= 0.3 is 0 Å². The van der Waals surface area contributed by atoms with Crippen LogP contribution in [-0.2, 0) is 4.79 Å². The van der Waals surface area contributed by atoms with E-state index in [1.54, 1.807) is 13.8 Å². The molecule has 0 bridgehead atoms. The van der Waals surface area contributed by atoms with Gasteiger partial charge in [0.25, 0.3) is 0 Å². The highest BCUT2D eigenvalue weighted by Gasteiger charge is 2.27. The van der Waals surface area contributed by atoms with E-state index >= 15 is 0 Å². The molecule has 5 nitrogen and oxygen atoms in total. The number of carbonyl (C=O) groups is 1. The zero-order valence-electron chi connectivity index (χ0n) is 10.8. The molecule has 1 unspecified atom stereocenters. The van der Waals surface area contributed by atoms with Crippen LogP contribution in [0.3, 0.4) is 0 Å². The smallest absolute Gasteiger partial charge is 0.235 e. The van der Waals surface area contributed by atoms with Gasteiger partial charge in [-0.2, -0.15) is 0 Å². The summed E-state index contributed by atoms with van der Waals surface area (Å²) in [5, 5.41) is 13.5. The summed E-state index contributed by atoms with van der Waals surface area (Å²) in [6.45, 7) is 3.29. The van der Waals surface area contributed by atoms with Crippen LogP contribution >= 0.6 is 0 Å². The van der Waals surface area contributed by atoms with Crippen LogP contribution in [0, 0.1) is 29.3 Å². The summed E-state index contributed by atoms with van der Waals surface area (Å²) in [7, 11) is 0. The Hall–Kier alpha value is -2.25. The molecule has 1 amide bonds. The average Bonchev–Trinajstić information content (AvgIpc) is 2.35. The Balaban J connectivity index is 3.00. The van der Waals surface area contributed by atoms with Crippen molar-refractivity contribution in [2.45, 2.75) is 13.8 Å². The normalized spacial score (nSPS) is 13.4. The van der Waals surface area contributed by atoms with Crippen molar-refractivity contribution < 1.29 is 23.2 Å². The fourth-order valence-electron chi connectivity index (χ4n) is 1.69. The molecule has 0 aliphatic carbocycles. The van der Waals surface area contributed by atoms with Crippen molar-refractivity contribution in [1.82, 2.24) is 0 Å². The molecule has 0 saturated heterocycles. The lowest BCUT2D eigenvalue weighted by molar-refractivity contribution is -0.119. The summed E-state index contributed by atoms with van der Waals surface area (Å²) in [4.78, 5) is 11.9. The lowest BCUT2D eigenvalue weighted by Crippen LogP contribution is -2.38. The molecule has 0 radical (unpaired) electrons. The molecule has 4 N–H and O–H groups in total. The number of rotatable bonds is 4. The number of oxime groups is 1. The molecule has 20 heavy (non-hydrogen) atoms. The topological polar surface area (TPSA) is 87.7 Å². The van der Waals surface area contributed by atoms with Crippen LogP contribution in [0.25, 0.3) is 0 Å². The van der Waals surface area contributed by atoms with E-state index in [1.807, 2.05) is 0 Å². The van der Waals surface area contributed by atoms with Crippen LogP contribution in [0.1, 0.15) is 13.8 Å². The van der Waals surface area contributed by atoms with E-state index in [0.717, 1.165) is 0 Å². The van der Waals surface area contributed by atoms with E-state index < -0.39 is 29.3 Å². The SMILES string of the molecule is CC(C)C(C(=O)Nc1cc(F)c(F)c(F)c1)C(N)=NO. The van der Waals surface area contributed by atoms with Crippen molar-refractivity contribution in [1.29, 1.82) is 0 Å². The molecule has 0 saturated carbocycles. The van der Waals surface area contributed by atoms with Crippen LogP contribution in [0.2, 0.25) is 0 Å². The maximum Gasteiger partial charge on any atom is 0.235 e. The first-order valence-corrected chi connectivity index (χ1v) is 5.70. The van der Waals surface area contributed by atoms with Gasteiger partial charge in [0.2, 0.25) is 5.91 Å². The summed E-state index contributed by atoms with van der Waals surface area (Å²) >= 11 is 0. The van der Waals surface area contributed by atoms with E-state index in [1.165, 1.54) is 0 Å². The predicted molar refractivity (Wildman–Crippen MR) is 66.7 cm³/mol. The number of hydrogen-bond acceptors (Lipinski definition) is 3. The first-order chi connectivity index (χ1) is 9.27. The minimum Gasteiger partial charge on any atom is -0.409 e. The largest absolute Gasteiger partial charge is 0.409 e. The molecule has 0 aromatic heterocycles. The fourth-order valence-corrected chi connectivity index (χ4v) is 1.69. The lowest BCUT2D eigenvalue weighted by atomic mass is 9.94. The molecule has 0 spiro atoms. The maximum atomic E-state index is 13.0. The number of halogens is 3. The minimum absolute atomic E-state index is 0.261. The molecule has 1 rings (SSSR count). The van der Waals surface area contributed by atoms with E-state index in [0.29, 0.717) is 12.1 Å². The van der Waals surface area contributed by atoms with Gasteiger partial charge in [-0.1, -0.05) is 19.0 Å². The number of amides is 1. The molecule has 8 heteroatoms. The van der Waals surface area contributed by atoms with E-state index in [9.17, 15) is 18.0 Å². The van der Waals surface area contributed by atoms with Gasteiger partial charge in [-0.3, -0.25) is 4.79 Å². The van der Waals surface area contributed by atoms with Crippen LogP contribution in [-0.4, -0.2) is 17.0 Å². The van der Waals surface area contributed by atoms with E-state index in [4.69, 9.17) is 10.9 Å². The van der Waals surface area contributed by atoms with Crippen LogP contribution in [0.4, 0.5) is 18.9 Å². The Morgan fingerprint density at radius 1 is 1.30 bits per heavy atom. The second-order valence-electron chi connectivity index (χ2n) is 4.49. The zero-order chi connectivity index (χ0) is 15.4. The Labute approximate surface area is 113 Å². The minimum atomic E-state index is -1.63. The number of nitrogens with two attached hydrogens (primary N) is 1. The number of amidine groups is 1. The first kappa shape index (κ1) is 15.8. The van der Waals surface area contributed by atoms with Crippen LogP contribution < -0.4 is 11.1 Å². The third kappa shape index (κ3) is 3.40. The molecule has 1 aromatic rings. The lowest BCUT2D eigenvalue weighted by Gasteiger charge is -2.18. The molecule has 1 atom stereocenters. The second kappa shape index (κ2) is 6.27. The Bertz CT molecular complexity index is 524. The van der Waals surface area contributed by atoms with Crippen LogP contribution in [0.5, 0.6) is 0 Å². The van der Waals surface area contributed by atoms with E-state index in [-0.39, 0.29) is 17.4 Å². The standard InChI is InChI=1S/C12H14F3N3O2/c1-5(2)9(11(16)18-20)12(19)17-6-3-7(13)10(15)8(14)4-6/h3-5,9,20H,1-2H3,(H2,16,18)(H,17,19). The predicted octanol–water partition coefficient (Wildman–Crippen LogP) is 2.06. The maximum absolute atomic E-state index is 13.0. The second-order valence-corrected chi connectivity index (χ2v) is 4.49. The highest BCUT2D eigenvalue weighted by Crippen LogP contribution is 2.19. The Morgan fingerprint density at radius 3 is 2.20 bits per heavy atom. The number of benzene rings is 1. The summed E-state index contributed by atoms with van der Waals surface area (Å²) in [5.41, 5.74) is 5.13. The number of nitrogens with one attached hydrogen (secondary N) is 1. The van der Waals surface area contributed by atoms with Crippen LogP contribution in [0.15, 0.2) is 17.3 Å². The highest BCUT2D eigenvalue weighted by molar-refractivity contribution is 6.07. The fraction of sp³-hybridized carbons (Fsp3) is 0.333. The Kier molecular flexibility index (Phi) is 4.95. The summed E-state index contributed by atoms with van der Waals surface area (Å²) < 4.78 is 38.8. The third-order valence-electron chi connectivity index (χ3n) is 2.63.